The van der Waals surface area contributed by atoms with Crippen molar-refractivity contribution in [3.8, 4) is 11.1 Å². The van der Waals surface area contributed by atoms with E-state index in [1.54, 1.807) is 0 Å². The molecule has 1 nitrogen and oxygen atoms in total. The molecule has 3 rings (SSSR count). The lowest BCUT2D eigenvalue weighted by Gasteiger charge is -2.20. The van der Waals surface area contributed by atoms with Gasteiger partial charge < -0.3 is 5.11 Å². The van der Waals surface area contributed by atoms with E-state index in [0.717, 1.165) is 0 Å². The van der Waals surface area contributed by atoms with Crippen LogP contribution in [0.4, 0.5) is 0 Å². The second-order valence-corrected chi connectivity index (χ2v) is 5.00. The Hall–Kier alpha value is 0.140. The molecule has 0 aromatic carbocycles. The van der Waals surface area contributed by atoms with E-state index in [1.165, 1.54) is 32.9 Å². The fourth-order valence-corrected chi connectivity index (χ4v) is 2.23. The Morgan fingerprint density at radius 2 is 1.62 bits per heavy atom. The zero-order valence-corrected chi connectivity index (χ0v) is 10.2. The molecule has 0 aliphatic heterocycles. The zero-order chi connectivity index (χ0) is 9.42. The molecule has 3 aliphatic rings. The fraction of sp³-hybridized carbons (Fsp3) is 0.400. The largest absolute Gasteiger partial charge is 0.396 e. The van der Waals surface area contributed by atoms with Crippen LogP contribution in [0.1, 0.15) is 12.8 Å². The topological polar surface area (TPSA) is 20.2 Å². The lowest BCUT2D eigenvalue weighted by atomic mass is 9.94. The molecule has 1 fully saturated rings. The van der Waals surface area contributed by atoms with Crippen LogP contribution in [0.15, 0.2) is 21.1 Å². The molecular weight excluding hydrogens is 296 g/mol. The van der Waals surface area contributed by atoms with E-state index in [9.17, 15) is 0 Å². The first-order valence-corrected chi connectivity index (χ1v) is 5.92. The normalized spacial score (nSPS) is 16.2. The van der Waals surface area contributed by atoms with Gasteiger partial charge in [-0.1, -0.05) is 12.1 Å². The zero-order valence-electron chi connectivity index (χ0n) is 7.06. The first-order valence-electron chi connectivity index (χ1n) is 4.33. The van der Waals surface area contributed by atoms with E-state index in [4.69, 9.17) is 5.11 Å². The van der Waals surface area contributed by atoms with Gasteiger partial charge in [-0.05, 0) is 61.7 Å². The minimum absolute atomic E-state index is 0.417. The van der Waals surface area contributed by atoms with Gasteiger partial charge in [0.15, 0.2) is 0 Å². The third kappa shape index (κ3) is 1.83. The summed E-state index contributed by atoms with van der Waals surface area (Å²) in [7, 11) is 0. The molecule has 0 heterocycles. The number of rotatable bonds is 1. The van der Waals surface area contributed by atoms with Crippen molar-refractivity contribution in [2.75, 3.05) is 6.61 Å². The molecule has 0 amide bonds. The Kier molecular flexibility index (Phi) is 2.77. The number of aliphatic hydroxyl groups is 1. The summed E-state index contributed by atoms with van der Waals surface area (Å²) in [6.07, 6.45) is 2.52. The highest BCUT2D eigenvalue weighted by Crippen LogP contribution is 2.49. The molecule has 0 spiro atoms. The average molecular weight is 306 g/mol. The second-order valence-electron chi connectivity index (χ2n) is 3.41. The molecule has 70 valence electrons. The minimum Gasteiger partial charge on any atom is -0.396 e. The van der Waals surface area contributed by atoms with Gasteiger partial charge in [-0.3, -0.25) is 0 Å². The highest BCUT2D eigenvalue weighted by atomic mass is 79.9. The third-order valence-electron chi connectivity index (χ3n) is 2.33. The van der Waals surface area contributed by atoms with Gasteiger partial charge in [0.2, 0.25) is 0 Å². The summed E-state index contributed by atoms with van der Waals surface area (Å²) in [6.45, 7) is 0.417. The van der Waals surface area contributed by atoms with Crippen molar-refractivity contribution >= 4 is 31.9 Å². The molecule has 1 N–H and O–H groups in total. The van der Waals surface area contributed by atoms with Crippen LogP contribution in [0.25, 0.3) is 11.1 Å². The molecule has 0 radical (unpaired) electrons. The van der Waals surface area contributed by atoms with Crippen LogP contribution in [-0.4, -0.2) is 11.7 Å². The van der Waals surface area contributed by atoms with Crippen molar-refractivity contribution in [3.63, 3.8) is 0 Å². The van der Waals surface area contributed by atoms with E-state index >= 15 is 0 Å². The van der Waals surface area contributed by atoms with Gasteiger partial charge in [-0.2, -0.15) is 0 Å². The van der Waals surface area contributed by atoms with E-state index in [1.807, 2.05) is 0 Å². The number of aliphatic hydroxyl groups excluding tert-OH is 1. The second kappa shape index (κ2) is 3.71. The Balaban J connectivity index is 0.000000113. The van der Waals surface area contributed by atoms with Gasteiger partial charge in [0.05, 0.1) is 0 Å². The van der Waals surface area contributed by atoms with Crippen LogP contribution < -0.4 is 0 Å². The fourth-order valence-electron chi connectivity index (χ4n) is 1.11. The summed E-state index contributed by atoms with van der Waals surface area (Å²) in [5, 5.41) is 8.21. The van der Waals surface area contributed by atoms with Gasteiger partial charge in [0.1, 0.15) is 0 Å². The smallest absolute Gasteiger partial charge is 0.0459 e. The van der Waals surface area contributed by atoms with Crippen LogP contribution in [0.2, 0.25) is 0 Å². The molecule has 3 aliphatic carbocycles. The maximum Gasteiger partial charge on any atom is 0.0459 e. The predicted octanol–water partition coefficient (Wildman–Crippen LogP) is 3.58. The summed E-state index contributed by atoms with van der Waals surface area (Å²) in [5.74, 6) is 0.690. The Morgan fingerprint density at radius 3 is 1.69 bits per heavy atom. The molecule has 13 heavy (non-hydrogen) atoms. The van der Waals surface area contributed by atoms with Gasteiger partial charge in [-0.25, -0.2) is 0 Å². The number of hydrogen-bond acceptors (Lipinski definition) is 1. The number of halogens is 2. The lowest BCUT2D eigenvalue weighted by molar-refractivity contribution is 0.277. The van der Waals surface area contributed by atoms with Gasteiger partial charge >= 0.3 is 0 Å². The van der Waals surface area contributed by atoms with Crippen LogP contribution in [-0.2, 0) is 0 Å². The highest BCUT2D eigenvalue weighted by molar-refractivity contribution is 9.13. The van der Waals surface area contributed by atoms with E-state index in [-0.39, 0.29) is 0 Å². The van der Waals surface area contributed by atoms with Crippen LogP contribution >= 0.6 is 31.9 Å². The molecule has 1 saturated carbocycles. The predicted molar refractivity (Wildman–Crippen MR) is 60.6 cm³/mol. The minimum atomic E-state index is 0.417. The molecule has 0 unspecified atom stereocenters. The Labute approximate surface area is 94.4 Å². The molecular formula is C10H10Br2O. The number of hydrogen-bond donors (Lipinski definition) is 1. The molecule has 0 bridgehead atoms. The van der Waals surface area contributed by atoms with Gasteiger partial charge in [0.25, 0.3) is 0 Å². The molecule has 0 aromatic rings. The van der Waals surface area contributed by atoms with E-state index in [0.29, 0.717) is 12.5 Å². The molecule has 3 heteroatoms. The standard InChI is InChI=1S/C6H2Br2.C4H8O/c7-5-3-1-2-4(3)6(5)8;5-3-4-1-2-4/h1-2H;4-5H,1-3H2. The van der Waals surface area contributed by atoms with Crippen molar-refractivity contribution in [1.82, 2.24) is 0 Å². The number of fused-ring (bicyclic) bond motifs is 1. The summed E-state index contributed by atoms with van der Waals surface area (Å²) in [4.78, 5) is 0. The summed E-state index contributed by atoms with van der Waals surface area (Å²) >= 11 is 6.81. The maximum absolute atomic E-state index is 8.21. The summed E-state index contributed by atoms with van der Waals surface area (Å²) in [5.41, 5.74) is 2.72. The quantitative estimate of drug-likeness (QED) is 0.854. The van der Waals surface area contributed by atoms with Crippen molar-refractivity contribution in [1.29, 1.82) is 0 Å². The highest BCUT2D eigenvalue weighted by Gasteiger charge is 2.21. The lowest BCUT2D eigenvalue weighted by Crippen LogP contribution is -1.94. The molecule has 0 saturated heterocycles. The average Bonchev–Trinajstić information content (AvgIpc) is 2.86. The van der Waals surface area contributed by atoms with Gasteiger partial charge in [0, 0.05) is 15.6 Å². The SMILES string of the molecule is Brc1c2ccc-2c1Br.OCC1CC1. The summed E-state index contributed by atoms with van der Waals surface area (Å²) in [6, 6.07) is 4.20. The Morgan fingerprint density at radius 1 is 1.15 bits per heavy atom. The van der Waals surface area contributed by atoms with Crippen molar-refractivity contribution in [2.45, 2.75) is 12.8 Å². The first kappa shape index (κ1) is 9.69. The number of benzene rings is 1. The van der Waals surface area contributed by atoms with Crippen molar-refractivity contribution in [3.05, 3.63) is 21.1 Å². The monoisotopic (exact) mass is 304 g/mol. The first-order chi connectivity index (χ1) is 6.24. The Bertz CT molecular complexity index is 305. The third-order valence-corrected chi connectivity index (χ3v) is 4.51. The van der Waals surface area contributed by atoms with Crippen molar-refractivity contribution in [2.24, 2.45) is 5.92 Å². The van der Waals surface area contributed by atoms with E-state index in [2.05, 4.69) is 44.0 Å². The van der Waals surface area contributed by atoms with Crippen LogP contribution in [0, 0.1) is 5.92 Å². The van der Waals surface area contributed by atoms with Gasteiger partial charge in [-0.15, -0.1) is 0 Å². The van der Waals surface area contributed by atoms with E-state index < -0.39 is 0 Å². The molecule has 0 aromatic heterocycles. The van der Waals surface area contributed by atoms with Crippen molar-refractivity contribution < 1.29 is 5.11 Å². The van der Waals surface area contributed by atoms with Crippen LogP contribution in [0.3, 0.4) is 0 Å². The maximum atomic E-state index is 8.21. The van der Waals surface area contributed by atoms with Crippen LogP contribution in [0.5, 0.6) is 0 Å². The molecule has 0 atom stereocenters. The summed E-state index contributed by atoms with van der Waals surface area (Å²) < 4.78 is 2.44.